The Morgan fingerprint density at radius 1 is 1.09 bits per heavy atom. The van der Waals surface area contributed by atoms with Gasteiger partial charge in [-0.25, -0.2) is 0 Å². The van der Waals surface area contributed by atoms with Crippen LogP contribution in [0.25, 0.3) is 0 Å². The second-order valence-electron chi connectivity index (χ2n) is 3.05. The van der Waals surface area contributed by atoms with Crippen LogP contribution >= 0.6 is 11.6 Å². The van der Waals surface area contributed by atoms with Crippen LogP contribution in [0.3, 0.4) is 0 Å². The molecule has 0 aliphatic rings. The van der Waals surface area contributed by atoms with Crippen LogP contribution in [-0.2, 0) is 0 Å². The van der Waals surface area contributed by atoms with Crippen LogP contribution in [0, 0.1) is 0 Å². The molecule has 11 heavy (non-hydrogen) atoms. The van der Waals surface area contributed by atoms with E-state index in [1.54, 1.807) is 0 Å². The summed E-state index contributed by atoms with van der Waals surface area (Å²) in [6.45, 7) is 4.66. The maximum absolute atomic E-state index is 5.57. The lowest BCUT2D eigenvalue weighted by Gasteiger charge is -2.14. The standard InChI is InChI=1S/C9H20ClN/c1-3-4-8-11(2)9-6-5-7-10/h3-9H2,1-2H3. The molecule has 0 saturated carbocycles. The molecule has 0 fully saturated rings. The molecule has 0 aliphatic carbocycles. The van der Waals surface area contributed by atoms with Crippen LogP contribution in [0.2, 0.25) is 0 Å². The Bertz CT molecular complexity index is 76.0. The predicted molar refractivity (Wildman–Crippen MR) is 52.4 cm³/mol. The minimum Gasteiger partial charge on any atom is -0.306 e. The zero-order chi connectivity index (χ0) is 8.53. The maximum Gasteiger partial charge on any atom is 0.0223 e. The average molecular weight is 178 g/mol. The van der Waals surface area contributed by atoms with Gasteiger partial charge in [-0.3, -0.25) is 0 Å². The molecule has 0 aromatic heterocycles. The largest absolute Gasteiger partial charge is 0.306 e. The molecule has 0 amide bonds. The van der Waals surface area contributed by atoms with Crippen molar-refractivity contribution in [3.63, 3.8) is 0 Å². The zero-order valence-corrected chi connectivity index (χ0v) is 8.53. The van der Waals surface area contributed by atoms with Gasteiger partial charge >= 0.3 is 0 Å². The molecule has 2 heteroatoms. The van der Waals surface area contributed by atoms with Crippen molar-refractivity contribution in [3.05, 3.63) is 0 Å². The molecule has 0 aliphatic heterocycles. The highest BCUT2D eigenvalue weighted by Crippen LogP contribution is 1.96. The summed E-state index contributed by atoms with van der Waals surface area (Å²) in [5, 5.41) is 0. The molecule has 0 unspecified atom stereocenters. The van der Waals surface area contributed by atoms with Gasteiger partial charge in [-0.1, -0.05) is 13.3 Å². The molecule has 0 N–H and O–H groups in total. The van der Waals surface area contributed by atoms with Gasteiger partial charge in [-0.2, -0.15) is 0 Å². The Hall–Kier alpha value is 0.250. The van der Waals surface area contributed by atoms with Crippen molar-refractivity contribution < 1.29 is 0 Å². The van der Waals surface area contributed by atoms with Crippen molar-refractivity contribution in [1.82, 2.24) is 4.90 Å². The third-order valence-electron chi connectivity index (χ3n) is 1.82. The fourth-order valence-corrected chi connectivity index (χ4v) is 1.21. The lowest BCUT2D eigenvalue weighted by Crippen LogP contribution is -2.20. The SMILES string of the molecule is CCCCN(C)CCCCCl. The monoisotopic (exact) mass is 177 g/mol. The molecule has 0 aromatic rings. The Morgan fingerprint density at radius 3 is 2.27 bits per heavy atom. The van der Waals surface area contributed by atoms with E-state index in [1.807, 2.05) is 0 Å². The van der Waals surface area contributed by atoms with Crippen molar-refractivity contribution in [3.8, 4) is 0 Å². The van der Waals surface area contributed by atoms with Gasteiger partial charge in [0, 0.05) is 5.88 Å². The van der Waals surface area contributed by atoms with Gasteiger partial charge in [0.25, 0.3) is 0 Å². The summed E-state index contributed by atoms with van der Waals surface area (Å²) in [5.74, 6) is 0.807. The summed E-state index contributed by atoms with van der Waals surface area (Å²) in [5.41, 5.74) is 0. The van der Waals surface area contributed by atoms with E-state index in [9.17, 15) is 0 Å². The molecule has 0 radical (unpaired) electrons. The molecule has 0 spiro atoms. The fourth-order valence-electron chi connectivity index (χ4n) is 1.02. The van der Waals surface area contributed by atoms with Gasteiger partial charge < -0.3 is 4.90 Å². The summed E-state index contributed by atoms with van der Waals surface area (Å²) >= 11 is 5.57. The Morgan fingerprint density at radius 2 is 1.73 bits per heavy atom. The van der Waals surface area contributed by atoms with E-state index in [-0.39, 0.29) is 0 Å². The van der Waals surface area contributed by atoms with Crippen molar-refractivity contribution in [2.45, 2.75) is 32.6 Å². The molecule has 0 aromatic carbocycles. The van der Waals surface area contributed by atoms with Gasteiger partial charge in [0.1, 0.15) is 0 Å². The predicted octanol–water partition coefficient (Wildman–Crippen LogP) is 2.74. The van der Waals surface area contributed by atoms with Crippen LogP contribution in [-0.4, -0.2) is 30.9 Å². The lowest BCUT2D eigenvalue weighted by molar-refractivity contribution is 0.322. The van der Waals surface area contributed by atoms with Crippen molar-refractivity contribution in [1.29, 1.82) is 0 Å². The smallest absolute Gasteiger partial charge is 0.0223 e. The van der Waals surface area contributed by atoms with Crippen LogP contribution < -0.4 is 0 Å². The third-order valence-corrected chi connectivity index (χ3v) is 2.08. The second kappa shape index (κ2) is 8.35. The number of alkyl halides is 1. The zero-order valence-electron chi connectivity index (χ0n) is 7.77. The first-order chi connectivity index (χ1) is 5.31. The second-order valence-corrected chi connectivity index (χ2v) is 3.43. The molecule has 0 bridgehead atoms. The number of hydrogen-bond donors (Lipinski definition) is 0. The summed E-state index contributed by atoms with van der Waals surface area (Å²) in [4.78, 5) is 2.38. The summed E-state index contributed by atoms with van der Waals surface area (Å²) < 4.78 is 0. The lowest BCUT2D eigenvalue weighted by atomic mass is 10.3. The first-order valence-electron chi connectivity index (χ1n) is 4.55. The highest BCUT2D eigenvalue weighted by atomic mass is 35.5. The number of hydrogen-bond acceptors (Lipinski definition) is 1. The van der Waals surface area contributed by atoms with Gasteiger partial charge in [0.15, 0.2) is 0 Å². The Kier molecular flexibility index (Phi) is 8.54. The first-order valence-corrected chi connectivity index (χ1v) is 5.09. The number of rotatable bonds is 7. The van der Waals surface area contributed by atoms with E-state index in [4.69, 9.17) is 11.6 Å². The normalized spacial score (nSPS) is 10.9. The van der Waals surface area contributed by atoms with Crippen LogP contribution in [0.5, 0.6) is 0 Å². The third kappa shape index (κ3) is 8.15. The van der Waals surface area contributed by atoms with Crippen molar-refractivity contribution in [2.75, 3.05) is 26.0 Å². The molecule has 0 atom stereocenters. The minimum atomic E-state index is 0.807. The van der Waals surface area contributed by atoms with Crippen LogP contribution in [0.1, 0.15) is 32.6 Å². The molecule has 0 heterocycles. The highest BCUT2D eigenvalue weighted by Gasteiger charge is 1.95. The van der Waals surface area contributed by atoms with E-state index in [1.165, 1.54) is 32.4 Å². The van der Waals surface area contributed by atoms with E-state index < -0.39 is 0 Å². The van der Waals surface area contributed by atoms with Gasteiger partial charge in [0.2, 0.25) is 0 Å². The molecule has 0 saturated heterocycles. The van der Waals surface area contributed by atoms with Gasteiger partial charge in [-0.05, 0) is 39.4 Å². The van der Waals surface area contributed by atoms with E-state index in [0.717, 1.165) is 12.3 Å². The van der Waals surface area contributed by atoms with E-state index >= 15 is 0 Å². The average Bonchev–Trinajstić information content (AvgIpc) is 2.01. The van der Waals surface area contributed by atoms with E-state index in [0.29, 0.717) is 0 Å². The van der Waals surface area contributed by atoms with Crippen molar-refractivity contribution >= 4 is 11.6 Å². The molecular weight excluding hydrogens is 158 g/mol. The Balaban J connectivity index is 3.02. The first kappa shape index (κ1) is 11.2. The fraction of sp³-hybridized carbons (Fsp3) is 1.00. The summed E-state index contributed by atoms with van der Waals surface area (Å²) in [7, 11) is 2.18. The molecule has 0 rings (SSSR count). The quantitative estimate of drug-likeness (QED) is 0.427. The molecule has 68 valence electrons. The number of nitrogens with zero attached hydrogens (tertiary/aromatic N) is 1. The maximum atomic E-state index is 5.57. The number of halogens is 1. The van der Waals surface area contributed by atoms with E-state index in [2.05, 4.69) is 18.9 Å². The minimum absolute atomic E-state index is 0.807. The summed E-state index contributed by atoms with van der Waals surface area (Å²) in [6, 6.07) is 0. The molecular formula is C9H20ClN. The molecule has 1 nitrogen and oxygen atoms in total. The van der Waals surface area contributed by atoms with Crippen LogP contribution in [0.4, 0.5) is 0 Å². The number of unbranched alkanes of at least 4 members (excludes halogenated alkanes) is 2. The summed E-state index contributed by atoms with van der Waals surface area (Å²) in [6.07, 6.45) is 5.00. The van der Waals surface area contributed by atoms with Gasteiger partial charge in [0.05, 0.1) is 0 Å². The van der Waals surface area contributed by atoms with Crippen LogP contribution in [0.15, 0.2) is 0 Å². The highest BCUT2D eigenvalue weighted by molar-refractivity contribution is 6.17. The van der Waals surface area contributed by atoms with Gasteiger partial charge in [-0.15, -0.1) is 11.6 Å². The Labute approximate surface area is 75.7 Å². The van der Waals surface area contributed by atoms with Crippen molar-refractivity contribution in [2.24, 2.45) is 0 Å². The topological polar surface area (TPSA) is 3.24 Å².